The third kappa shape index (κ3) is 3.92. The van der Waals surface area contributed by atoms with Gasteiger partial charge in [0.1, 0.15) is 11.5 Å². The molecule has 3 heteroatoms. The molecule has 0 aliphatic rings. The highest BCUT2D eigenvalue weighted by atomic mass is 32.2. The van der Waals surface area contributed by atoms with Gasteiger partial charge in [-0.15, -0.1) is 11.8 Å². The van der Waals surface area contributed by atoms with E-state index >= 15 is 0 Å². The van der Waals surface area contributed by atoms with Crippen molar-refractivity contribution >= 4 is 11.8 Å². The Balaban J connectivity index is 2.49. The summed E-state index contributed by atoms with van der Waals surface area (Å²) < 4.78 is 5.60. The van der Waals surface area contributed by atoms with Gasteiger partial charge in [0.15, 0.2) is 0 Å². The summed E-state index contributed by atoms with van der Waals surface area (Å²) in [5.41, 5.74) is 5.76. The van der Waals surface area contributed by atoms with E-state index in [9.17, 15) is 0 Å². The van der Waals surface area contributed by atoms with Crippen LogP contribution in [0.4, 0.5) is 0 Å². The van der Waals surface area contributed by atoms with E-state index in [-0.39, 0.29) is 0 Å². The van der Waals surface area contributed by atoms with Crippen LogP contribution in [0.2, 0.25) is 0 Å². The Hall–Kier alpha value is -0.410. The van der Waals surface area contributed by atoms with Crippen LogP contribution in [0.5, 0.6) is 0 Å². The average molecular weight is 227 g/mol. The molecule has 0 aromatic carbocycles. The van der Waals surface area contributed by atoms with Crippen molar-refractivity contribution in [2.75, 3.05) is 12.3 Å². The first-order valence-corrected chi connectivity index (χ1v) is 6.60. The lowest BCUT2D eigenvalue weighted by Gasteiger charge is -2.14. The van der Waals surface area contributed by atoms with Gasteiger partial charge in [-0.1, -0.05) is 20.3 Å². The zero-order chi connectivity index (χ0) is 11.3. The summed E-state index contributed by atoms with van der Waals surface area (Å²) in [6, 6.07) is 4.04. The molecular weight excluding hydrogens is 206 g/mol. The van der Waals surface area contributed by atoms with Crippen LogP contribution in [0.1, 0.15) is 37.0 Å². The Bertz CT molecular complexity index is 285. The van der Waals surface area contributed by atoms with Crippen molar-refractivity contribution in [2.45, 2.75) is 32.4 Å². The van der Waals surface area contributed by atoms with Crippen LogP contribution in [-0.2, 0) is 0 Å². The van der Waals surface area contributed by atoms with Crippen molar-refractivity contribution in [3.8, 4) is 0 Å². The lowest BCUT2D eigenvalue weighted by Crippen LogP contribution is -2.10. The van der Waals surface area contributed by atoms with E-state index < -0.39 is 0 Å². The second kappa shape index (κ2) is 6.23. The van der Waals surface area contributed by atoms with Crippen LogP contribution in [0.15, 0.2) is 16.5 Å². The maximum atomic E-state index is 5.76. The molecule has 2 unspecified atom stereocenters. The second-order valence-corrected chi connectivity index (χ2v) is 5.26. The highest BCUT2D eigenvalue weighted by Gasteiger charge is 2.14. The van der Waals surface area contributed by atoms with Crippen LogP contribution >= 0.6 is 11.8 Å². The molecule has 86 valence electrons. The van der Waals surface area contributed by atoms with Crippen molar-refractivity contribution in [2.24, 2.45) is 11.7 Å². The fraction of sp³-hybridized carbons (Fsp3) is 0.667. The molecule has 0 saturated carbocycles. The first-order chi connectivity index (χ1) is 7.17. The SMILES string of the molecule is CCC(C)CSC(CN)c1ccc(C)o1. The Kier molecular flexibility index (Phi) is 5.26. The topological polar surface area (TPSA) is 39.2 Å². The van der Waals surface area contributed by atoms with Gasteiger partial charge in [0.25, 0.3) is 0 Å². The molecule has 0 aliphatic heterocycles. The zero-order valence-corrected chi connectivity index (χ0v) is 10.6. The predicted molar refractivity (Wildman–Crippen MR) is 67.2 cm³/mol. The molecule has 2 nitrogen and oxygen atoms in total. The zero-order valence-electron chi connectivity index (χ0n) is 9.82. The Labute approximate surface area is 96.6 Å². The molecule has 0 spiro atoms. The normalized spacial score (nSPS) is 15.2. The van der Waals surface area contributed by atoms with E-state index in [0.29, 0.717) is 11.8 Å². The van der Waals surface area contributed by atoms with Gasteiger partial charge >= 0.3 is 0 Å². The first-order valence-electron chi connectivity index (χ1n) is 5.55. The largest absolute Gasteiger partial charge is 0.465 e. The molecule has 0 radical (unpaired) electrons. The van der Waals surface area contributed by atoms with E-state index in [4.69, 9.17) is 10.2 Å². The molecule has 2 N–H and O–H groups in total. The smallest absolute Gasteiger partial charge is 0.118 e. The molecule has 2 atom stereocenters. The Morgan fingerprint density at radius 1 is 1.47 bits per heavy atom. The molecule has 0 amide bonds. The molecule has 1 aromatic rings. The molecular formula is C12H21NOS. The highest BCUT2D eigenvalue weighted by Crippen LogP contribution is 2.30. The van der Waals surface area contributed by atoms with Gasteiger partial charge in [-0.05, 0) is 30.7 Å². The van der Waals surface area contributed by atoms with E-state index in [1.165, 1.54) is 6.42 Å². The van der Waals surface area contributed by atoms with E-state index in [1.807, 2.05) is 30.8 Å². The first kappa shape index (κ1) is 12.7. The molecule has 1 heterocycles. The number of nitrogens with two attached hydrogens (primary N) is 1. The van der Waals surface area contributed by atoms with Crippen LogP contribution in [0.3, 0.4) is 0 Å². The van der Waals surface area contributed by atoms with Crippen LogP contribution in [0.25, 0.3) is 0 Å². The predicted octanol–water partition coefficient (Wildman–Crippen LogP) is 3.37. The van der Waals surface area contributed by atoms with Crippen molar-refractivity contribution in [3.05, 3.63) is 23.7 Å². The van der Waals surface area contributed by atoms with Crippen molar-refractivity contribution in [1.82, 2.24) is 0 Å². The molecule has 1 rings (SSSR count). The number of thioether (sulfide) groups is 1. The van der Waals surface area contributed by atoms with Crippen molar-refractivity contribution in [3.63, 3.8) is 0 Å². The average Bonchev–Trinajstić information content (AvgIpc) is 2.65. The third-order valence-corrected chi connectivity index (χ3v) is 4.16. The summed E-state index contributed by atoms with van der Waals surface area (Å²) in [6.45, 7) is 7.11. The quantitative estimate of drug-likeness (QED) is 0.810. The highest BCUT2D eigenvalue weighted by molar-refractivity contribution is 7.99. The Morgan fingerprint density at radius 3 is 2.67 bits per heavy atom. The van der Waals surface area contributed by atoms with Gasteiger partial charge in [-0.3, -0.25) is 0 Å². The van der Waals surface area contributed by atoms with E-state index in [1.54, 1.807) is 0 Å². The maximum absolute atomic E-state index is 5.76. The summed E-state index contributed by atoms with van der Waals surface area (Å²) in [6.07, 6.45) is 1.22. The fourth-order valence-corrected chi connectivity index (χ4v) is 2.51. The number of hydrogen-bond donors (Lipinski definition) is 1. The van der Waals surface area contributed by atoms with Gasteiger partial charge in [-0.25, -0.2) is 0 Å². The standard InChI is InChI=1S/C12H21NOS/c1-4-9(2)8-15-12(7-13)11-6-5-10(3)14-11/h5-6,9,12H,4,7-8,13H2,1-3H3. The minimum Gasteiger partial charge on any atom is -0.465 e. The van der Waals surface area contributed by atoms with Gasteiger partial charge in [-0.2, -0.15) is 0 Å². The number of rotatable bonds is 6. The summed E-state index contributed by atoms with van der Waals surface area (Å²) in [4.78, 5) is 0. The van der Waals surface area contributed by atoms with Crippen LogP contribution in [0, 0.1) is 12.8 Å². The summed E-state index contributed by atoms with van der Waals surface area (Å²) >= 11 is 1.90. The van der Waals surface area contributed by atoms with Crippen LogP contribution in [-0.4, -0.2) is 12.3 Å². The molecule has 0 aliphatic carbocycles. The van der Waals surface area contributed by atoms with Gasteiger partial charge in [0.05, 0.1) is 5.25 Å². The maximum Gasteiger partial charge on any atom is 0.118 e. The van der Waals surface area contributed by atoms with Crippen molar-refractivity contribution < 1.29 is 4.42 Å². The summed E-state index contributed by atoms with van der Waals surface area (Å²) in [5.74, 6) is 3.88. The summed E-state index contributed by atoms with van der Waals surface area (Å²) in [7, 11) is 0. The minimum atomic E-state index is 0.313. The fourth-order valence-electron chi connectivity index (χ4n) is 1.29. The second-order valence-electron chi connectivity index (χ2n) is 4.02. The lowest BCUT2D eigenvalue weighted by molar-refractivity contribution is 0.481. The molecule has 1 aromatic heterocycles. The van der Waals surface area contributed by atoms with Gasteiger partial charge in [0.2, 0.25) is 0 Å². The number of hydrogen-bond acceptors (Lipinski definition) is 3. The summed E-state index contributed by atoms with van der Waals surface area (Å²) in [5, 5.41) is 0.313. The molecule has 0 bridgehead atoms. The minimum absolute atomic E-state index is 0.313. The Morgan fingerprint density at radius 2 is 2.20 bits per heavy atom. The van der Waals surface area contributed by atoms with Crippen molar-refractivity contribution in [1.29, 1.82) is 0 Å². The monoisotopic (exact) mass is 227 g/mol. The lowest BCUT2D eigenvalue weighted by atomic mass is 10.2. The van der Waals surface area contributed by atoms with Crippen LogP contribution < -0.4 is 5.73 Å². The third-order valence-electron chi connectivity index (χ3n) is 2.57. The molecule has 15 heavy (non-hydrogen) atoms. The van der Waals surface area contributed by atoms with E-state index in [2.05, 4.69) is 13.8 Å². The molecule has 0 saturated heterocycles. The van der Waals surface area contributed by atoms with E-state index in [0.717, 1.165) is 23.2 Å². The number of furan rings is 1. The molecule has 0 fully saturated rings. The number of aryl methyl sites for hydroxylation is 1. The van der Waals surface area contributed by atoms with Gasteiger partial charge < -0.3 is 10.2 Å². The van der Waals surface area contributed by atoms with Gasteiger partial charge in [0, 0.05) is 6.54 Å².